The lowest BCUT2D eigenvalue weighted by atomic mass is 10.3. The van der Waals surface area contributed by atoms with Crippen LogP contribution >= 0.6 is 11.8 Å². The summed E-state index contributed by atoms with van der Waals surface area (Å²) < 4.78 is 0. The van der Waals surface area contributed by atoms with E-state index >= 15 is 0 Å². The van der Waals surface area contributed by atoms with Gasteiger partial charge in [0.2, 0.25) is 0 Å². The van der Waals surface area contributed by atoms with Crippen molar-refractivity contribution in [1.82, 2.24) is 10.3 Å². The van der Waals surface area contributed by atoms with Gasteiger partial charge in [-0.05, 0) is 37.3 Å². The minimum atomic E-state index is -0.215. The Hall–Kier alpha value is -1.23. The molecule has 0 bridgehead atoms. The molecule has 5 heteroatoms. The molecule has 4 nitrogen and oxygen atoms in total. The van der Waals surface area contributed by atoms with Gasteiger partial charge in [0.05, 0.1) is 0 Å². The van der Waals surface area contributed by atoms with E-state index in [2.05, 4.69) is 22.5 Å². The van der Waals surface area contributed by atoms with Crippen LogP contribution in [0.1, 0.15) is 26.3 Å². The summed E-state index contributed by atoms with van der Waals surface area (Å²) in [5.74, 6) is 2.62. The molecule has 1 rings (SSSR count). The predicted molar refractivity (Wildman–Crippen MR) is 73.4 cm³/mol. The van der Waals surface area contributed by atoms with Gasteiger partial charge >= 0.3 is 6.03 Å². The van der Waals surface area contributed by atoms with Gasteiger partial charge in [0.1, 0.15) is 5.82 Å². The summed E-state index contributed by atoms with van der Waals surface area (Å²) in [6, 6.07) is 3.78. The predicted octanol–water partition coefficient (Wildman–Crippen LogP) is 2.86. The van der Waals surface area contributed by atoms with E-state index in [4.69, 9.17) is 0 Å². The van der Waals surface area contributed by atoms with E-state index in [1.165, 1.54) is 5.56 Å². The van der Waals surface area contributed by atoms with Gasteiger partial charge in [0, 0.05) is 18.0 Å². The summed E-state index contributed by atoms with van der Waals surface area (Å²) in [5, 5.41) is 5.48. The van der Waals surface area contributed by atoms with Gasteiger partial charge in [-0.15, -0.1) is 0 Å². The first-order valence-electron chi connectivity index (χ1n) is 5.72. The fraction of sp³-hybridized carbons (Fsp3) is 0.500. The number of nitrogens with zero attached hydrogens (tertiary/aromatic N) is 1. The molecule has 2 amide bonds. The summed E-state index contributed by atoms with van der Waals surface area (Å²) in [6.07, 6.45) is 1.72. The summed E-state index contributed by atoms with van der Waals surface area (Å²) in [5.41, 5.74) is 1.17. The zero-order valence-corrected chi connectivity index (χ0v) is 11.3. The Bertz CT molecular complexity index is 369. The molecule has 0 spiro atoms. The lowest BCUT2D eigenvalue weighted by Crippen LogP contribution is -2.34. The van der Waals surface area contributed by atoms with E-state index in [9.17, 15) is 4.79 Å². The summed E-state index contributed by atoms with van der Waals surface area (Å²) >= 11 is 1.84. The van der Waals surface area contributed by atoms with Gasteiger partial charge in [-0.1, -0.05) is 6.92 Å². The Morgan fingerprint density at radius 1 is 1.53 bits per heavy atom. The second-order valence-electron chi connectivity index (χ2n) is 3.94. The number of rotatable bonds is 5. The van der Waals surface area contributed by atoms with Gasteiger partial charge in [-0.3, -0.25) is 5.32 Å². The first-order valence-corrected chi connectivity index (χ1v) is 6.87. The number of carbonyl (C=O) groups is 1. The first kappa shape index (κ1) is 13.8. The number of hydrogen-bond acceptors (Lipinski definition) is 3. The summed E-state index contributed by atoms with van der Waals surface area (Å²) in [7, 11) is 0. The van der Waals surface area contributed by atoms with Crippen molar-refractivity contribution in [2.45, 2.75) is 32.6 Å². The molecule has 94 valence electrons. The van der Waals surface area contributed by atoms with Gasteiger partial charge < -0.3 is 5.32 Å². The Labute approximate surface area is 107 Å². The maximum Gasteiger partial charge on any atom is 0.320 e. The molecule has 0 aliphatic heterocycles. The largest absolute Gasteiger partial charge is 0.336 e. The first-order chi connectivity index (χ1) is 8.11. The van der Waals surface area contributed by atoms with E-state index < -0.39 is 0 Å². The molecule has 0 radical (unpaired) electrons. The third-order valence-corrected chi connectivity index (χ3v) is 2.90. The van der Waals surface area contributed by atoms with Crippen molar-refractivity contribution >= 4 is 23.6 Å². The number of urea groups is 1. The number of anilines is 1. The topological polar surface area (TPSA) is 54.0 Å². The van der Waals surface area contributed by atoms with Crippen molar-refractivity contribution in [3.05, 3.63) is 23.9 Å². The van der Waals surface area contributed by atoms with Crippen LogP contribution in [-0.2, 0) is 5.75 Å². The maximum absolute atomic E-state index is 11.5. The number of hydrogen-bond donors (Lipinski definition) is 2. The van der Waals surface area contributed by atoms with Crippen LogP contribution in [0.25, 0.3) is 0 Å². The van der Waals surface area contributed by atoms with Crippen molar-refractivity contribution in [3.63, 3.8) is 0 Å². The van der Waals surface area contributed by atoms with E-state index in [0.717, 1.165) is 11.5 Å². The zero-order chi connectivity index (χ0) is 12.7. The van der Waals surface area contributed by atoms with Crippen molar-refractivity contribution < 1.29 is 4.79 Å². The fourth-order valence-corrected chi connectivity index (χ4v) is 1.89. The second-order valence-corrected chi connectivity index (χ2v) is 5.21. The number of aromatic nitrogens is 1. The van der Waals surface area contributed by atoms with Crippen LogP contribution in [0, 0.1) is 0 Å². The molecule has 1 aromatic heterocycles. The highest BCUT2D eigenvalue weighted by atomic mass is 32.2. The number of carbonyl (C=O) groups excluding carboxylic acids is 1. The Kier molecular flexibility index (Phi) is 5.83. The molecule has 0 aromatic carbocycles. The molecule has 0 aliphatic rings. The van der Waals surface area contributed by atoms with Gasteiger partial charge in [-0.25, -0.2) is 9.78 Å². The third kappa shape index (κ3) is 5.58. The molecule has 2 N–H and O–H groups in total. The summed E-state index contributed by atoms with van der Waals surface area (Å²) in [6.45, 7) is 5.96. The Balaban J connectivity index is 2.56. The molecule has 0 aliphatic carbocycles. The molecular formula is C12H19N3OS. The molecule has 0 saturated heterocycles. The standard InChI is InChI=1S/C12H19N3OS/c1-4-17-8-10-5-6-13-11(7-10)15-12(16)14-9(2)3/h5-7,9H,4,8H2,1-3H3,(H2,13,14,15,16). The minimum Gasteiger partial charge on any atom is -0.336 e. The van der Waals surface area contributed by atoms with Crippen LogP contribution in [0.3, 0.4) is 0 Å². The zero-order valence-electron chi connectivity index (χ0n) is 10.5. The van der Waals surface area contributed by atoms with Crippen LogP contribution in [0.2, 0.25) is 0 Å². The molecule has 0 unspecified atom stereocenters. The van der Waals surface area contributed by atoms with Crippen molar-refractivity contribution in [1.29, 1.82) is 0 Å². The highest BCUT2D eigenvalue weighted by molar-refractivity contribution is 7.98. The second kappa shape index (κ2) is 7.17. The Morgan fingerprint density at radius 3 is 2.94 bits per heavy atom. The van der Waals surface area contributed by atoms with Gasteiger partial charge in [0.25, 0.3) is 0 Å². The molecule has 0 atom stereocenters. The van der Waals surface area contributed by atoms with E-state index in [1.54, 1.807) is 6.20 Å². The van der Waals surface area contributed by atoms with E-state index in [0.29, 0.717) is 5.82 Å². The molecule has 17 heavy (non-hydrogen) atoms. The normalized spacial score (nSPS) is 10.4. The molecule has 1 heterocycles. The highest BCUT2D eigenvalue weighted by Gasteiger charge is 2.04. The van der Waals surface area contributed by atoms with Crippen molar-refractivity contribution in [2.75, 3.05) is 11.1 Å². The smallest absolute Gasteiger partial charge is 0.320 e. The van der Waals surface area contributed by atoms with Crippen molar-refractivity contribution in [3.8, 4) is 0 Å². The number of amides is 2. The number of thioether (sulfide) groups is 1. The minimum absolute atomic E-state index is 0.119. The van der Waals surface area contributed by atoms with Crippen LogP contribution in [0.5, 0.6) is 0 Å². The van der Waals surface area contributed by atoms with Crippen LogP contribution in [0.15, 0.2) is 18.3 Å². The highest BCUT2D eigenvalue weighted by Crippen LogP contribution is 2.14. The van der Waals surface area contributed by atoms with E-state index in [-0.39, 0.29) is 12.1 Å². The molecule has 0 fully saturated rings. The Morgan fingerprint density at radius 2 is 2.29 bits per heavy atom. The van der Waals surface area contributed by atoms with Crippen LogP contribution in [-0.4, -0.2) is 22.8 Å². The monoisotopic (exact) mass is 253 g/mol. The molecule has 1 aromatic rings. The van der Waals surface area contributed by atoms with E-state index in [1.807, 2.05) is 37.7 Å². The lowest BCUT2D eigenvalue weighted by molar-refractivity contribution is 0.250. The lowest BCUT2D eigenvalue weighted by Gasteiger charge is -2.10. The molecular weight excluding hydrogens is 234 g/mol. The van der Waals surface area contributed by atoms with Crippen LogP contribution in [0.4, 0.5) is 10.6 Å². The maximum atomic E-state index is 11.5. The number of nitrogens with one attached hydrogen (secondary N) is 2. The average Bonchev–Trinajstić information content (AvgIpc) is 2.25. The quantitative estimate of drug-likeness (QED) is 0.848. The van der Waals surface area contributed by atoms with Crippen molar-refractivity contribution in [2.24, 2.45) is 0 Å². The fourth-order valence-electron chi connectivity index (χ4n) is 1.27. The third-order valence-electron chi connectivity index (χ3n) is 1.96. The average molecular weight is 253 g/mol. The van der Waals surface area contributed by atoms with Gasteiger partial charge in [0.15, 0.2) is 0 Å². The van der Waals surface area contributed by atoms with Crippen LogP contribution < -0.4 is 10.6 Å². The summed E-state index contributed by atoms with van der Waals surface area (Å²) in [4.78, 5) is 15.6. The number of pyridine rings is 1. The van der Waals surface area contributed by atoms with Gasteiger partial charge in [-0.2, -0.15) is 11.8 Å². The molecule has 0 saturated carbocycles. The SMILES string of the molecule is CCSCc1ccnc(NC(=O)NC(C)C)c1.